The maximum Gasteiger partial charge on any atom is 0.341 e. The topological polar surface area (TPSA) is 145 Å². The van der Waals surface area contributed by atoms with Crippen molar-refractivity contribution in [3.63, 3.8) is 0 Å². The van der Waals surface area contributed by atoms with Gasteiger partial charge in [0.15, 0.2) is 6.61 Å². The largest absolute Gasteiger partial charge is 0.452 e. The summed E-state index contributed by atoms with van der Waals surface area (Å²) >= 11 is 1.11. The molecular formula is C18H18N4O6S. The van der Waals surface area contributed by atoms with Gasteiger partial charge in [-0.15, -0.1) is 11.3 Å². The molecule has 1 aromatic heterocycles. The number of hydrogen-bond donors (Lipinski definition) is 2. The van der Waals surface area contributed by atoms with Gasteiger partial charge in [-0.3, -0.25) is 19.7 Å². The highest BCUT2D eigenvalue weighted by atomic mass is 32.1. The highest BCUT2D eigenvalue weighted by Crippen LogP contribution is 2.29. The monoisotopic (exact) mass is 418 g/mol. The highest BCUT2D eigenvalue weighted by Gasteiger charge is 2.24. The van der Waals surface area contributed by atoms with Gasteiger partial charge in [-0.1, -0.05) is 0 Å². The fourth-order valence-electron chi connectivity index (χ4n) is 3.01. The molecule has 3 N–H and O–H groups in total. The number of benzene rings is 1. The van der Waals surface area contributed by atoms with Gasteiger partial charge in [0.1, 0.15) is 5.00 Å². The van der Waals surface area contributed by atoms with Gasteiger partial charge in [-0.05, 0) is 30.4 Å². The fraction of sp³-hybridized carbons (Fsp3) is 0.278. The molecule has 1 aliphatic heterocycles. The second kappa shape index (κ2) is 8.69. The van der Waals surface area contributed by atoms with Crippen LogP contribution in [-0.2, 0) is 9.53 Å². The van der Waals surface area contributed by atoms with Crippen molar-refractivity contribution < 1.29 is 24.0 Å². The van der Waals surface area contributed by atoms with Crippen LogP contribution >= 0.6 is 11.3 Å². The molecule has 3 rings (SSSR count). The van der Waals surface area contributed by atoms with Crippen LogP contribution in [0.3, 0.4) is 0 Å². The van der Waals surface area contributed by atoms with Crippen LogP contribution < -0.4 is 16.0 Å². The molecule has 1 saturated heterocycles. The number of ether oxygens (including phenoxy) is 1. The number of non-ortho nitro benzene ring substituents is 1. The third-order valence-corrected chi connectivity index (χ3v) is 5.21. The molecule has 2 aromatic rings. The van der Waals surface area contributed by atoms with Crippen LogP contribution in [0.2, 0.25) is 0 Å². The number of anilines is 2. The second-order valence-electron chi connectivity index (χ2n) is 6.30. The lowest BCUT2D eigenvalue weighted by Gasteiger charge is -2.20. The number of rotatable bonds is 7. The van der Waals surface area contributed by atoms with Crippen molar-refractivity contribution in [2.75, 3.05) is 29.9 Å². The van der Waals surface area contributed by atoms with E-state index < -0.39 is 29.3 Å². The standard InChI is InChI=1S/C18H18N4O6S/c19-16(24)12-5-8-29-17(12)20-15(23)10-28-18(25)13-9-11(22(26)27)3-4-14(13)21-6-1-2-7-21/h3-5,8-9H,1-2,6-7,10H2,(H2,19,24)(H,20,23). The van der Waals surface area contributed by atoms with Gasteiger partial charge >= 0.3 is 5.97 Å². The predicted molar refractivity (Wildman–Crippen MR) is 106 cm³/mol. The van der Waals surface area contributed by atoms with E-state index in [0.717, 1.165) is 43.3 Å². The van der Waals surface area contributed by atoms with E-state index in [9.17, 15) is 24.5 Å². The average Bonchev–Trinajstić information content (AvgIpc) is 3.37. The zero-order chi connectivity index (χ0) is 21.0. The molecule has 1 aromatic carbocycles. The molecule has 11 heteroatoms. The number of hydrogen-bond acceptors (Lipinski definition) is 8. The van der Waals surface area contributed by atoms with Crippen molar-refractivity contribution in [2.24, 2.45) is 5.73 Å². The summed E-state index contributed by atoms with van der Waals surface area (Å²) in [5.41, 5.74) is 5.70. The molecule has 0 radical (unpaired) electrons. The van der Waals surface area contributed by atoms with E-state index in [-0.39, 0.29) is 21.8 Å². The zero-order valence-corrected chi connectivity index (χ0v) is 16.1. The normalized spacial score (nSPS) is 13.2. The first-order valence-electron chi connectivity index (χ1n) is 8.74. The van der Waals surface area contributed by atoms with Gasteiger partial charge in [-0.2, -0.15) is 0 Å². The van der Waals surface area contributed by atoms with Gasteiger partial charge in [0.2, 0.25) is 0 Å². The quantitative estimate of drug-likeness (QED) is 0.398. The van der Waals surface area contributed by atoms with Crippen LogP contribution in [0.5, 0.6) is 0 Å². The van der Waals surface area contributed by atoms with Crippen molar-refractivity contribution in [2.45, 2.75) is 12.8 Å². The predicted octanol–water partition coefficient (Wildman–Crippen LogP) is 2.15. The number of thiophene rings is 1. The van der Waals surface area contributed by atoms with E-state index in [1.54, 1.807) is 5.38 Å². The van der Waals surface area contributed by atoms with Gasteiger partial charge in [0.25, 0.3) is 17.5 Å². The Kier molecular flexibility index (Phi) is 6.07. The summed E-state index contributed by atoms with van der Waals surface area (Å²) in [7, 11) is 0. The number of primary amides is 1. The molecule has 152 valence electrons. The lowest BCUT2D eigenvalue weighted by molar-refractivity contribution is -0.384. The minimum Gasteiger partial charge on any atom is -0.452 e. The van der Waals surface area contributed by atoms with Crippen LogP contribution in [0.25, 0.3) is 0 Å². The first kappa shape index (κ1) is 20.3. The zero-order valence-electron chi connectivity index (χ0n) is 15.3. The number of nitro groups is 1. The first-order valence-corrected chi connectivity index (χ1v) is 9.62. The Bertz CT molecular complexity index is 967. The first-order chi connectivity index (χ1) is 13.9. The maximum atomic E-state index is 12.6. The number of carbonyl (C=O) groups is 3. The summed E-state index contributed by atoms with van der Waals surface area (Å²) in [4.78, 5) is 48.4. The Morgan fingerprint density at radius 3 is 2.59 bits per heavy atom. The van der Waals surface area contributed by atoms with Gasteiger partial charge in [0, 0.05) is 25.2 Å². The van der Waals surface area contributed by atoms with Gasteiger partial charge < -0.3 is 20.7 Å². The van der Waals surface area contributed by atoms with Crippen LogP contribution in [0, 0.1) is 10.1 Å². The van der Waals surface area contributed by atoms with E-state index in [1.807, 2.05) is 4.90 Å². The number of nitrogens with zero attached hydrogens (tertiary/aromatic N) is 2. The summed E-state index contributed by atoms with van der Waals surface area (Å²) in [5, 5.41) is 15.4. The van der Waals surface area contributed by atoms with Crippen molar-refractivity contribution >= 4 is 45.5 Å². The molecular weight excluding hydrogens is 400 g/mol. The Morgan fingerprint density at radius 2 is 1.93 bits per heavy atom. The molecule has 10 nitrogen and oxygen atoms in total. The fourth-order valence-corrected chi connectivity index (χ4v) is 3.82. The van der Waals surface area contributed by atoms with Crippen LogP contribution in [0.4, 0.5) is 16.4 Å². The van der Waals surface area contributed by atoms with E-state index in [4.69, 9.17) is 10.5 Å². The molecule has 0 atom stereocenters. The molecule has 1 fully saturated rings. The minimum atomic E-state index is -0.841. The molecule has 0 aliphatic carbocycles. The Labute approximate surface area is 169 Å². The smallest absolute Gasteiger partial charge is 0.341 e. The van der Waals surface area contributed by atoms with Crippen LogP contribution in [-0.4, -0.2) is 42.4 Å². The molecule has 1 aliphatic rings. The van der Waals surface area contributed by atoms with Crippen molar-refractivity contribution in [3.05, 3.63) is 50.9 Å². The average molecular weight is 418 g/mol. The second-order valence-corrected chi connectivity index (χ2v) is 7.22. The lowest BCUT2D eigenvalue weighted by Crippen LogP contribution is -2.24. The molecule has 0 spiro atoms. The summed E-state index contributed by atoms with van der Waals surface area (Å²) in [6, 6.07) is 5.47. The minimum absolute atomic E-state index is 0.0304. The Hall–Kier alpha value is -3.47. The van der Waals surface area contributed by atoms with Crippen molar-refractivity contribution in [3.8, 4) is 0 Å². The van der Waals surface area contributed by atoms with E-state index in [1.165, 1.54) is 18.2 Å². The third-order valence-electron chi connectivity index (χ3n) is 4.38. The summed E-state index contributed by atoms with van der Waals surface area (Å²) in [5.74, 6) is -2.19. The molecule has 0 bridgehead atoms. The number of carbonyl (C=O) groups excluding carboxylic acids is 3. The summed E-state index contributed by atoms with van der Waals surface area (Å²) in [6.07, 6.45) is 1.91. The highest BCUT2D eigenvalue weighted by molar-refractivity contribution is 7.14. The maximum absolute atomic E-state index is 12.6. The number of amides is 2. The Balaban J connectivity index is 1.71. The summed E-state index contributed by atoms with van der Waals surface area (Å²) < 4.78 is 5.06. The van der Waals surface area contributed by atoms with E-state index in [0.29, 0.717) is 5.69 Å². The van der Waals surface area contributed by atoms with Gasteiger partial charge in [0.05, 0.1) is 21.7 Å². The number of esters is 1. The van der Waals surface area contributed by atoms with Gasteiger partial charge in [-0.25, -0.2) is 4.79 Å². The molecule has 2 amide bonds. The lowest BCUT2D eigenvalue weighted by atomic mass is 10.1. The molecule has 0 unspecified atom stereocenters. The van der Waals surface area contributed by atoms with E-state index >= 15 is 0 Å². The van der Waals surface area contributed by atoms with E-state index in [2.05, 4.69) is 5.32 Å². The number of nitro benzene ring substituents is 1. The molecule has 0 saturated carbocycles. The van der Waals surface area contributed by atoms with Crippen LogP contribution in [0.1, 0.15) is 33.6 Å². The summed E-state index contributed by atoms with van der Waals surface area (Å²) in [6.45, 7) is 0.844. The van der Waals surface area contributed by atoms with Crippen molar-refractivity contribution in [1.29, 1.82) is 0 Å². The number of nitrogens with one attached hydrogen (secondary N) is 1. The SMILES string of the molecule is NC(=O)c1ccsc1NC(=O)COC(=O)c1cc([N+](=O)[O-])ccc1N1CCCC1. The molecule has 29 heavy (non-hydrogen) atoms. The third kappa shape index (κ3) is 4.69. The Morgan fingerprint density at radius 1 is 1.21 bits per heavy atom. The van der Waals surface area contributed by atoms with Crippen LogP contribution in [0.15, 0.2) is 29.6 Å². The van der Waals surface area contributed by atoms with Crippen molar-refractivity contribution in [1.82, 2.24) is 0 Å². The number of nitrogens with two attached hydrogens (primary N) is 1. The molecule has 2 heterocycles.